The molecule has 1 aromatic carbocycles. The third kappa shape index (κ3) is 4.69. The number of anilines is 1. The molecule has 3 rings (SSSR count). The molecule has 154 valence electrons. The maximum atomic E-state index is 12.3. The maximum absolute atomic E-state index is 12.3. The lowest BCUT2D eigenvalue weighted by Crippen LogP contribution is -2.37. The van der Waals surface area contributed by atoms with E-state index >= 15 is 0 Å². The Morgan fingerprint density at radius 3 is 2.14 bits per heavy atom. The van der Waals surface area contributed by atoms with Gasteiger partial charge in [-0.15, -0.1) is 0 Å². The molecule has 0 aromatic heterocycles. The van der Waals surface area contributed by atoms with Crippen molar-refractivity contribution in [3.8, 4) is 0 Å². The summed E-state index contributed by atoms with van der Waals surface area (Å²) in [5.74, 6) is -3.23. The zero-order valence-corrected chi connectivity index (χ0v) is 16.1. The Morgan fingerprint density at radius 2 is 1.62 bits per heavy atom. The minimum atomic E-state index is -3.84. The summed E-state index contributed by atoms with van der Waals surface area (Å²) >= 11 is 0. The molecule has 1 aliphatic carbocycles. The highest BCUT2D eigenvalue weighted by Gasteiger charge is 2.47. The molecule has 1 saturated heterocycles. The van der Waals surface area contributed by atoms with Crippen molar-refractivity contribution >= 4 is 39.4 Å². The van der Waals surface area contributed by atoms with Crippen LogP contribution in [0.4, 0.5) is 5.69 Å². The van der Waals surface area contributed by atoms with Gasteiger partial charge in [-0.3, -0.25) is 24.1 Å². The Labute approximate surface area is 166 Å². The molecule has 3 N–H and O–H groups in total. The molecule has 29 heavy (non-hydrogen) atoms. The molecule has 3 amide bonds. The summed E-state index contributed by atoms with van der Waals surface area (Å²) < 4.78 is 27.2. The predicted molar refractivity (Wildman–Crippen MR) is 99.5 cm³/mol. The Hall–Kier alpha value is -3.05. The number of esters is 1. The predicted octanol–water partition coefficient (Wildman–Crippen LogP) is -0.233. The van der Waals surface area contributed by atoms with Crippen molar-refractivity contribution < 1.29 is 32.3 Å². The summed E-state index contributed by atoms with van der Waals surface area (Å²) in [5.41, 5.74) is 0.278. The smallest absolute Gasteiger partial charge is 0.326 e. The molecule has 1 heterocycles. The summed E-state index contributed by atoms with van der Waals surface area (Å²) in [6.07, 6.45) is 4.61. The second kappa shape index (κ2) is 8.13. The van der Waals surface area contributed by atoms with Crippen molar-refractivity contribution in [1.82, 2.24) is 4.90 Å². The third-order valence-electron chi connectivity index (χ3n) is 4.72. The zero-order valence-electron chi connectivity index (χ0n) is 15.2. The molecule has 0 saturated carbocycles. The van der Waals surface area contributed by atoms with Gasteiger partial charge in [-0.1, -0.05) is 12.2 Å². The normalized spacial score (nSPS) is 21.1. The first-order chi connectivity index (χ1) is 13.7. The number of imide groups is 1. The number of primary sulfonamides is 1. The van der Waals surface area contributed by atoms with E-state index in [9.17, 15) is 27.6 Å². The van der Waals surface area contributed by atoms with Crippen LogP contribution in [0.15, 0.2) is 41.3 Å². The molecule has 0 radical (unpaired) electrons. The molecule has 2 aliphatic rings. The van der Waals surface area contributed by atoms with Crippen LogP contribution in [0.3, 0.4) is 0 Å². The van der Waals surface area contributed by atoms with E-state index in [0.717, 1.165) is 4.90 Å². The van der Waals surface area contributed by atoms with E-state index in [0.29, 0.717) is 12.8 Å². The van der Waals surface area contributed by atoms with Gasteiger partial charge in [-0.25, -0.2) is 13.6 Å². The fraction of sp³-hybridized carbons (Fsp3) is 0.333. The van der Waals surface area contributed by atoms with Crippen LogP contribution in [0.5, 0.6) is 0 Å². The van der Waals surface area contributed by atoms with Gasteiger partial charge in [-0.2, -0.15) is 0 Å². The van der Waals surface area contributed by atoms with E-state index in [-0.39, 0.29) is 10.6 Å². The van der Waals surface area contributed by atoms with Crippen LogP contribution in [0.2, 0.25) is 0 Å². The van der Waals surface area contributed by atoms with Crippen LogP contribution >= 0.6 is 0 Å². The average molecular weight is 421 g/mol. The molecular formula is C18H19N3O7S. The Morgan fingerprint density at radius 1 is 1.07 bits per heavy atom. The molecule has 10 nitrogen and oxygen atoms in total. The van der Waals surface area contributed by atoms with Crippen LogP contribution in [0.1, 0.15) is 12.8 Å². The van der Waals surface area contributed by atoms with E-state index in [2.05, 4.69) is 5.32 Å². The number of nitrogens with one attached hydrogen (secondary N) is 1. The van der Waals surface area contributed by atoms with Crippen LogP contribution < -0.4 is 10.5 Å². The molecule has 1 fully saturated rings. The standard InChI is InChI=1S/C18H19N3O7S/c19-29(26,27)12-7-5-11(6-8-12)20-15(22)10-28-16(23)9-21-17(24)13-3-1-2-4-14(13)18(21)25/h1-2,5-8,13-14H,3-4,9-10H2,(H,20,22)(H2,19,26,27)/t13-,14-/m1/s1. The van der Waals surface area contributed by atoms with Crippen molar-refractivity contribution in [2.24, 2.45) is 17.0 Å². The Bertz CT molecular complexity index is 959. The van der Waals surface area contributed by atoms with Gasteiger partial charge in [0.1, 0.15) is 6.54 Å². The van der Waals surface area contributed by atoms with Crippen molar-refractivity contribution in [2.45, 2.75) is 17.7 Å². The van der Waals surface area contributed by atoms with Gasteiger partial charge in [-0.05, 0) is 37.1 Å². The van der Waals surface area contributed by atoms with Gasteiger partial charge in [0.2, 0.25) is 21.8 Å². The SMILES string of the molecule is NS(=O)(=O)c1ccc(NC(=O)COC(=O)CN2C(=O)[C@@H]3CC=CC[C@H]3C2=O)cc1. The van der Waals surface area contributed by atoms with Gasteiger partial charge < -0.3 is 10.1 Å². The highest BCUT2D eigenvalue weighted by molar-refractivity contribution is 7.89. The average Bonchev–Trinajstić information content (AvgIpc) is 2.91. The number of likely N-dealkylation sites (tertiary alicyclic amines) is 1. The number of carbonyl (C=O) groups is 4. The Balaban J connectivity index is 1.49. The summed E-state index contributed by atoms with van der Waals surface area (Å²) in [6, 6.07) is 5.10. The van der Waals surface area contributed by atoms with E-state index in [1.54, 1.807) is 0 Å². The number of sulfonamides is 1. The number of rotatable bonds is 6. The number of ether oxygens (including phenoxy) is 1. The largest absolute Gasteiger partial charge is 0.454 e. The first kappa shape index (κ1) is 20.7. The first-order valence-corrected chi connectivity index (χ1v) is 10.3. The van der Waals surface area contributed by atoms with E-state index in [1.165, 1.54) is 24.3 Å². The quantitative estimate of drug-likeness (QED) is 0.365. The van der Waals surface area contributed by atoms with Gasteiger partial charge in [0, 0.05) is 5.69 Å². The number of nitrogens with zero attached hydrogens (tertiary/aromatic N) is 1. The topological polar surface area (TPSA) is 153 Å². The number of fused-ring (bicyclic) bond motifs is 1. The molecule has 0 spiro atoms. The lowest BCUT2D eigenvalue weighted by atomic mass is 9.85. The summed E-state index contributed by atoms with van der Waals surface area (Å²) in [7, 11) is -3.84. The number of benzene rings is 1. The number of amides is 3. The van der Waals surface area contributed by atoms with Crippen molar-refractivity contribution in [2.75, 3.05) is 18.5 Å². The zero-order chi connectivity index (χ0) is 21.2. The fourth-order valence-corrected chi connectivity index (χ4v) is 3.79. The second-order valence-electron chi connectivity index (χ2n) is 6.70. The molecule has 2 atom stereocenters. The second-order valence-corrected chi connectivity index (χ2v) is 8.26. The first-order valence-electron chi connectivity index (χ1n) is 8.75. The lowest BCUT2D eigenvalue weighted by molar-refractivity contribution is -0.154. The fourth-order valence-electron chi connectivity index (χ4n) is 3.27. The number of carbonyl (C=O) groups excluding carboxylic acids is 4. The number of hydrogen-bond acceptors (Lipinski definition) is 7. The van der Waals surface area contributed by atoms with Crippen LogP contribution in [0, 0.1) is 11.8 Å². The monoisotopic (exact) mass is 421 g/mol. The van der Waals surface area contributed by atoms with Gasteiger partial charge in [0.15, 0.2) is 6.61 Å². The summed E-state index contributed by atoms with van der Waals surface area (Å²) in [6.45, 7) is -1.17. The molecule has 0 unspecified atom stereocenters. The molecule has 11 heteroatoms. The summed E-state index contributed by atoms with van der Waals surface area (Å²) in [5, 5.41) is 7.41. The van der Waals surface area contributed by atoms with E-state index in [4.69, 9.17) is 9.88 Å². The van der Waals surface area contributed by atoms with Gasteiger partial charge in [0.25, 0.3) is 5.91 Å². The highest BCUT2D eigenvalue weighted by Crippen LogP contribution is 2.34. The third-order valence-corrected chi connectivity index (χ3v) is 5.65. The lowest BCUT2D eigenvalue weighted by Gasteiger charge is -2.14. The van der Waals surface area contributed by atoms with E-state index in [1.807, 2.05) is 12.2 Å². The van der Waals surface area contributed by atoms with Crippen LogP contribution in [-0.4, -0.2) is 50.2 Å². The Kier molecular flexibility index (Phi) is 5.80. The van der Waals surface area contributed by atoms with E-state index < -0.39 is 58.7 Å². The van der Waals surface area contributed by atoms with Gasteiger partial charge in [0.05, 0.1) is 16.7 Å². The van der Waals surface area contributed by atoms with Crippen molar-refractivity contribution in [3.05, 3.63) is 36.4 Å². The number of allylic oxidation sites excluding steroid dienone is 2. The molecule has 0 bridgehead atoms. The van der Waals surface area contributed by atoms with Gasteiger partial charge >= 0.3 is 5.97 Å². The summed E-state index contributed by atoms with van der Waals surface area (Å²) in [4.78, 5) is 49.2. The molecule has 1 aliphatic heterocycles. The van der Waals surface area contributed by atoms with Crippen LogP contribution in [-0.2, 0) is 33.9 Å². The molecular weight excluding hydrogens is 402 g/mol. The number of nitrogens with two attached hydrogens (primary N) is 1. The minimum absolute atomic E-state index is 0.113. The van der Waals surface area contributed by atoms with Crippen molar-refractivity contribution in [3.63, 3.8) is 0 Å². The highest BCUT2D eigenvalue weighted by atomic mass is 32.2. The van der Waals surface area contributed by atoms with Crippen molar-refractivity contribution in [1.29, 1.82) is 0 Å². The number of hydrogen-bond donors (Lipinski definition) is 2. The molecule has 1 aromatic rings. The minimum Gasteiger partial charge on any atom is -0.454 e. The maximum Gasteiger partial charge on any atom is 0.326 e. The van der Waals surface area contributed by atoms with Crippen LogP contribution in [0.25, 0.3) is 0 Å².